The van der Waals surface area contributed by atoms with Gasteiger partial charge in [0.2, 0.25) is 0 Å². The summed E-state index contributed by atoms with van der Waals surface area (Å²) in [5, 5.41) is 3.18. The van der Waals surface area contributed by atoms with Crippen LogP contribution in [0.1, 0.15) is 16.7 Å². The molecule has 1 N–H and O–H groups in total. The number of aromatic nitrogens is 3. The van der Waals surface area contributed by atoms with Crippen LogP contribution < -0.4 is 5.32 Å². The van der Waals surface area contributed by atoms with E-state index in [1.165, 1.54) is 37.1 Å². The maximum Gasteiger partial charge on any atom is 0.402 e. The first kappa shape index (κ1) is 16.8. The molecule has 26 heavy (non-hydrogen) atoms. The Labute approximate surface area is 152 Å². The molecule has 0 aliphatic carbocycles. The van der Waals surface area contributed by atoms with Gasteiger partial charge in [-0.2, -0.15) is 13.2 Å². The van der Waals surface area contributed by atoms with Gasteiger partial charge in [-0.3, -0.25) is 4.98 Å². The summed E-state index contributed by atoms with van der Waals surface area (Å²) in [4.78, 5) is 11.8. The van der Waals surface area contributed by atoms with Crippen molar-refractivity contribution in [1.82, 2.24) is 15.0 Å². The van der Waals surface area contributed by atoms with Gasteiger partial charge < -0.3 is 5.32 Å². The van der Waals surface area contributed by atoms with Crippen LogP contribution in [0.4, 0.5) is 24.7 Å². The molecule has 3 heterocycles. The average Bonchev–Trinajstić information content (AvgIpc) is 2.62. The van der Waals surface area contributed by atoms with E-state index in [1.807, 2.05) is 0 Å². The van der Waals surface area contributed by atoms with E-state index in [-0.39, 0.29) is 28.4 Å². The topological polar surface area (TPSA) is 50.7 Å². The molecule has 1 unspecified atom stereocenters. The monoisotopic (exact) mass is 376 g/mol. The minimum absolute atomic E-state index is 0.0360. The van der Waals surface area contributed by atoms with Crippen molar-refractivity contribution < 1.29 is 13.2 Å². The molecule has 1 aliphatic rings. The number of alkyl halides is 3. The Bertz CT molecular complexity index is 962. The van der Waals surface area contributed by atoms with Crippen LogP contribution in [0.25, 0.3) is 0 Å². The van der Waals surface area contributed by atoms with Gasteiger partial charge in [-0.25, -0.2) is 9.97 Å². The Kier molecular flexibility index (Phi) is 3.84. The lowest BCUT2D eigenvalue weighted by atomic mass is 9.68. The van der Waals surface area contributed by atoms with Crippen molar-refractivity contribution in [3.05, 3.63) is 77.0 Å². The van der Waals surface area contributed by atoms with E-state index in [1.54, 1.807) is 18.2 Å². The number of nitrogens with zero attached hydrogens (tertiary/aromatic N) is 3. The predicted octanol–water partition coefficient (Wildman–Crippen LogP) is 4.67. The third kappa shape index (κ3) is 2.50. The van der Waals surface area contributed by atoms with E-state index in [9.17, 15) is 13.2 Å². The van der Waals surface area contributed by atoms with Crippen molar-refractivity contribution in [3.8, 4) is 0 Å². The molecular weight excluding hydrogens is 365 g/mol. The summed E-state index contributed by atoms with van der Waals surface area (Å²) in [6.45, 7) is 0. The van der Waals surface area contributed by atoms with Gasteiger partial charge in [-0.1, -0.05) is 17.7 Å². The standard InChI is InChI=1S/C18H12ClF3N4/c19-12-3-4-15-13(6-12)17(18(20,21)22,7-11-2-1-5-23-8-11)14-9-24-10-25-16(14)26-15/h1-6,8-10H,7H2,(H,24,25,26). The Morgan fingerprint density at radius 3 is 2.65 bits per heavy atom. The van der Waals surface area contributed by atoms with E-state index in [2.05, 4.69) is 20.3 Å². The maximum absolute atomic E-state index is 14.6. The van der Waals surface area contributed by atoms with Crippen molar-refractivity contribution in [2.24, 2.45) is 0 Å². The first-order valence-electron chi connectivity index (χ1n) is 7.75. The van der Waals surface area contributed by atoms with E-state index in [0.29, 0.717) is 11.3 Å². The molecule has 8 heteroatoms. The first-order chi connectivity index (χ1) is 12.4. The molecule has 0 saturated carbocycles. The smallest absolute Gasteiger partial charge is 0.340 e. The third-order valence-electron chi connectivity index (χ3n) is 4.54. The summed E-state index contributed by atoms with van der Waals surface area (Å²) in [7, 11) is 0. The van der Waals surface area contributed by atoms with E-state index in [0.717, 1.165) is 0 Å². The van der Waals surface area contributed by atoms with E-state index in [4.69, 9.17) is 11.6 Å². The SMILES string of the molecule is FC(F)(F)C1(Cc2cccnc2)c2cc(Cl)ccc2Nc2ncncc21. The minimum atomic E-state index is -4.61. The number of benzene rings is 1. The molecule has 132 valence electrons. The molecule has 4 nitrogen and oxygen atoms in total. The lowest BCUT2D eigenvalue weighted by molar-refractivity contribution is -0.178. The van der Waals surface area contributed by atoms with Gasteiger partial charge in [-0.15, -0.1) is 0 Å². The van der Waals surface area contributed by atoms with Crippen LogP contribution in [0.2, 0.25) is 5.02 Å². The highest BCUT2D eigenvalue weighted by atomic mass is 35.5. The largest absolute Gasteiger partial charge is 0.402 e. The molecular formula is C18H12ClF3N4. The molecule has 1 aromatic carbocycles. The fraction of sp³-hybridized carbons (Fsp3) is 0.167. The van der Waals surface area contributed by atoms with Gasteiger partial charge in [0.05, 0.1) is 0 Å². The molecule has 4 rings (SSSR count). The van der Waals surface area contributed by atoms with Crippen LogP contribution in [0, 0.1) is 0 Å². The average molecular weight is 377 g/mol. The Hall–Kier alpha value is -2.67. The fourth-order valence-corrected chi connectivity index (χ4v) is 3.57. The van der Waals surface area contributed by atoms with Crippen molar-refractivity contribution in [1.29, 1.82) is 0 Å². The van der Waals surface area contributed by atoms with Crippen LogP contribution in [0.5, 0.6) is 0 Å². The molecule has 0 amide bonds. The second-order valence-corrected chi connectivity index (χ2v) is 6.48. The zero-order valence-electron chi connectivity index (χ0n) is 13.3. The summed E-state index contributed by atoms with van der Waals surface area (Å²) in [6, 6.07) is 7.67. The van der Waals surface area contributed by atoms with Gasteiger partial charge in [-0.05, 0) is 41.8 Å². The van der Waals surface area contributed by atoms with Crippen molar-refractivity contribution >= 4 is 23.1 Å². The molecule has 0 radical (unpaired) electrons. The van der Waals surface area contributed by atoms with Crippen LogP contribution >= 0.6 is 11.6 Å². The molecule has 0 fully saturated rings. The van der Waals surface area contributed by atoms with Crippen molar-refractivity contribution in [2.45, 2.75) is 18.0 Å². The molecule has 0 bridgehead atoms. The lowest BCUT2D eigenvalue weighted by Gasteiger charge is -2.41. The normalized spacial score (nSPS) is 18.6. The highest BCUT2D eigenvalue weighted by Crippen LogP contribution is 2.55. The molecule has 1 atom stereocenters. The lowest BCUT2D eigenvalue weighted by Crippen LogP contribution is -2.48. The van der Waals surface area contributed by atoms with Gasteiger partial charge in [0.15, 0.2) is 0 Å². The second-order valence-electron chi connectivity index (χ2n) is 6.04. The molecule has 0 spiro atoms. The number of pyridine rings is 1. The highest BCUT2D eigenvalue weighted by molar-refractivity contribution is 6.30. The van der Waals surface area contributed by atoms with Gasteiger partial charge in [0.1, 0.15) is 17.6 Å². The quantitative estimate of drug-likeness (QED) is 0.706. The summed E-state index contributed by atoms with van der Waals surface area (Å²) in [5.74, 6) is 0.135. The minimum Gasteiger partial charge on any atom is -0.340 e. The highest BCUT2D eigenvalue weighted by Gasteiger charge is 2.60. The number of halogens is 4. The molecule has 2 aromatic heterocycles. The van der Waals surface area contributed by atoms with Crippen LogP contribution in [-0.4, -0.2) is 21.1 Å². The van der Waals surface area contributed by atoms with Crippen LogP contribution in [0.15, 0.2) is 55.2 Å². The zero-order valence-corrected chi connectivity index (χ0v) is 14.0. The maximum atomic E-state index is 14.6. The Morgan fingerprint density at radius 1 is 1.08 bits per heavy atom. The summed E-state index contributed by atoms with van der Waals surface area (Å²) in [5.41, 5.74) is -1.55. The van der Waals surface area contributed by atoms with Crippen LogP contribution in [-0.2, 0) is 11.8 Å². The number of rotatable bonds is 2. The van der Waals surface area contributed by atoms with Gasteiger partial charge >= 0.3 is 6.18 Å². The summed E-state index contributed by atoms with van der Waals surface area (Å²) >= 11 is 6.05. The van der Waals surface area contributed by atoms with Gasteiger partial charge in [0.25, 0.3) is 0 Å². The molecule has 1 aliphatic heterocycles. The first-order valence-corrected chi connectivity index (χ1v) is 8.13. The number of fused-ring (bicyclic) bond motifs is 2. The van der Waals surface area contributed by atoms with E-state index >= 15 is 0 Å². The molecule has 3 aromatic rings. The summed E-state index contributed by atoms with van der Waals surface area (Å²) < 4.78 is 43.9. The van der Waals surface area contributed by atoms with Crippen LogP contribution in [0.3, 0.4) is 0 Å². The molecule has 0 saturated heterocycles. The fourth-order valence-electron chi connectivity index (χ4n) is 3.40. The van der Waals surface area contributed by atoms with Gasteiger partial charge in [0, 0.05) is 34.9 Å². The third-order valence-corrected chi connectivity index (χ3v) is 4.78. The van der Waals surface area contributed by atoms with Crippen molar-refractivity contribution in [2.75, 3.05) is 5.32 Å². The van der Waals surface area contributed by atoms with Crippen molar-refractivity contribution in [3.63, 3.8) is 0 Å². The zero-order chi connectivity index (χ0) is 18.4. The Balaban J connectivity index is 2.05. The second kappa shape index (κ2) is 5.95. The summed E-state index contributed by atoms with van der Waals surface area (Å²) in [6.07, 6.45) is 0.446. The Morgan fingerprint density at radius 2 is 1.92 bits per heavy atom. The number of nitrogens with one attached hydrogen (secondary N) is 1. The van der Waals surface area contributed by atoms with E-state index < -0.39 is 11.6 Å². The number of hydrogen-bond donors (Lipinski definition) is 1. The number of hydrogen-bond acceptors (Lipinski definition) is 4. The predicted molar refractivity (Wildman–Crippen MR) is 91.5 cm³/mol. The number of anilines is 2.